The van der Waals surface area contributed by atoms with Gasteiger partial charge in [0.05, 0.1) is 19.8 Å². The van der Waals surface area contributed by atoms with Crippen LogP contribution in [-0.2, 0) is 22.6 Å². The molecular weight excluding hydrogens is 402 g/mol. The number of nitrogens with zero attached hydrogens (tertiary/aromatic N) is 2. The zero-order chi connectivity index (χ0) is 22.4. The molecule has 1 aromatic carbocycles. The number of guanidine groups is 1. The molecule has 1 aliphatic carbocycles. The van der Waals surface area contributed by atoms with E-state index in [-0.39, 0.29) is 5.91 Å². The number of carbonyl (C=O) groups is 1. The van der Waals surface area contributed by atoms with Crippen molar-refractivity contribution in [2.45, 2.75) is 58.5 Å². The van der Waals surface area contributed by atoms with Gasteiger partial charge in [0.15, 0.2) is 5.96 Å². The van der Waals surface area contributed by atoms with E-state index in [4.69, 9.17) is 9.73 Å². The van der Waals surface area contributed by atoms with Gasteiger partial charge < -0.3 is 20.7 Å². The normalized spacial score (nSPS) is 18.3. The summed E-state index contributed by atoms with van der Waals surface area (Å²) >= 11 is 0. The van der Waals surface area contributed by atoms with Crippen LogP contribution in [0, 0.1) is 5.92 Å². The highest BCUT2D eigenvalue weighted by molar-refractivity contribution is 5.80. The zero-order valence-electron chi connectivity index (χ0n) is 19.7. The van der Waals surface area contributed by atoms with E-state index in [1.54, 1.807) is 0 Å². The molecule has 1 amide bonds. The summed E-state index contributed by atoms with van der Waals surface area (Å²) in [5.74, 6) is 1.54. The Kier molecular flexibility index (Phi) is 10.8. The molecule has 32 heavy (non-hydrogen) atoms. The average Bonchev–Trinajstić information content (AvgIpc) is 2.82. The second-order valence-corrected chi connectivity index (χ2v) is 8.84. The van der Waals surface area contributed by atoms with Crippen LogP contribution in [0.15, 0.2) is 29.3 Å². The van der Waals surface area contributed by atoms with Crippen molar-refractivity contribution in [1.82, 2.24) is 20.9 Å². The van der Waals surface area contributed by atoms with Crippen LogP contribution in [0.3, 0.4) is 0 Å². The van der Waals surface area contributed by atoms with E-state index in [0.29, 0.717) is 32.0 Å². The monoisotopic (exact) mass is 443 g/mol. The van der Waals surface area contributed by atoms with Gasteiger partial charge in [-0.25, -0.2) is 4.99 Å². The lowest BCUT2D eigenvalue weighted by atomic mass is 9.87. The Hall–Kier alpha value is -2.12. The Labute approximate surface area is 193 Å². The summed E-state index contributed by atoms with van der Waals surface area (Å²) in [7, 11) is 0. The predicted molar refractivity (Wildman–Crippen MR) is 130 cm³/mol. The van der Waals surface area contributed by atoms with Crippen molar-refractivity contribution in [3.05, 3.63) is 35.4 Å². The van der Waals surface area contributed by atoms with E-state index in [0.717, 1.165) is 45.4 Å². The van der Waals surface area contributed by atoms with Crippen LogP contribution < -0.4 is 16.0 Å². The van der Waals surface area contributed by atoms with Gasteiger partial charge in [-0.2, -0.15) is 0 Å². The van der Waals surface area contributed by atoms with Crippen LogP contribution in [0.25, 0.3) is 0 Å². The molecule has 3 N–H and O–H groups in total. The summed E-state index contributed by atoms with van der Waals surface area (Å²) in [5.41, 5.74) is 2.57. The number of aliphatic imine (C=N–C) groups is 1. The Bertz CT molecular complexity index is 712. The molecule has 1 saturated heterocycles. The lowest BCUT2D eigenvalue weighted by Gasteiger charge is -2.27. The van der Waals surface area contributed by atoms with Crippen LogP contribution in [-0.4, -0.2) is 62.7 Å². The van der Waals surface area contributed by atoms with Crippen molar-refractivity contribution >= 4 is 11.9 Å². The molecule has 1 aromatic rings. The van der Waals surface area contributed by atoms with Gasteiger partial charge in [-0.1, -0.05) is 43.5 Å². The molecule has 0 unspecified atom stereocenters. The van der Waals surface area contributed by atoms with Gasteiger partial charge in [0.1, 0.15) is 0 Å². The second kappa shape index (κ2) is 14.1. The molecule has 0 spiro atoms. The minimum Gasteiger partial charge on any atom is -0.379 e. The summed E-state index contributed by atoms with van der Waals surface area (Å²) in [4.78, 5) is 19.4. The Balaban J connectivity index is 1.43. The first-order valence-electron chi connectivity index (χ1n) is 12.4. The zero-order valence-corrected chi connectivity index (χ0v) is 19.7. The van der Waals surface area contributed by atoms with Gasteiger partial charge in [-0.3, -0.25) is 9.69 Å². The second-order valence-electron chi connectivity index (χ2n) is 8.84. The Morgan fingerprint density at radius 3 is 2.50 bits per heavy atom. The molecular formula is C25H41N5O2. The molecule has 1 aliphatic heterocycles. The number of nitrogens with one attached hydrogen (secondary N) is 3. The molecule has 2 aliphatic rings. The molecule has 1 heterocycles. The van der Waals surface area contributed by atoms with E-state index in [2.05, 4.69) is 52.0 Å². The molecule has 7 heteroatoms. The molecule has 2 fully saturated rings. The van der Waals surface area contributed by atoms with Gasteiger partial charge in [0.2, 0.25) is 5.91 Å². The van der Waals surface area contributed by atoms with Crippen molar-refractivity contribution in [3.8, 4) is 0 Å². The van der Waals surface area contributed by atoms with Crippen molar-refractivity contribution in [2.75, 3.05) is 45.9 Å². The van der Waals surface area contributed by atoms with Gasteiger partial charge in [-0.15, -0.1) is 0 Å². The van der Waals surface area contributed by atoms with Crippen LogP contribution in [0.1, 0.15) is 56.6 Å². The maximum absolute atomic E-state index is 12.2. The lowest BCUT2D eigenvalue weighted by molar-refractivity contribution is -0.122. The van der Waals surface area contributed by atoms with E-state index in [9.17, 15) is 4.79 Å². The van der Waals surface area contributed by atoms with Gasteiger partial charge in [-0.05, 0) is 36.8 Å². The number of rotatable bonds is 10. The topological polar surface area (TPSA) is 78.0 Å². The molecule has 3 rings (SSSR count). The smallest absolute Gasteiger partial charge is 0.220 e. The minimum atomic E-state index is 0.178. The number of benzene rings is 1. The lowest BCUT2D eigenvalue weighted by Crippen LogP contribution is -2.41. The fourth-order valence-corrected chi connectivity index (χ4v) is 4.48. The molecule has 0 aromatic heterocycles. The van der Waals surface area contributed by atoms with E-state index in [1.807, 2.05) is 0 Å². The number of hydrogen-bond donors (Lipinski definition) is 3. The van der Waals surface area contributed by atoms with Crippen molar-refractivity contribution in [2.24, 2.45) is 10.9 Å². The molecule has 0 atom stereocenters. The van der Waals surface area contributed by atoms with E-state index >= 15 is 0 Å². The van der Waals surface area contributed by atoms with Crippen LogP contribution in [0.4, 0.5) is 0 Å². The van der Waals surface area contributed by atoms with Gasteiger partial charge in [0.25, 0.3) is 0 Å². The molecule has 7 nitrogen and oxygen atoms in total. The number of carbonyl (C=O) groups excluding carboxylic acids is 1. The highest BCUT2D eigenvalue weighted by Crippen LogP contribution is 2.25. The Morgan fingerprint density at radius 1 is 1.03 bits per heavy atom. The first kappa shape index (κ1) is 24.5. The molecule has 178 valence electrons. The third-order valence-corrected chi connectivity index (χ3v) is 6.31. The highest BCUT2D eigenvalue weighted by atomic mass is 16.5. The summed E-state index contributed by atoms with van der Waals surface area (Å²) in [6, 6.07) is 8.54. The van der Waals surface area contributed by atoms with E-state index < -0.39 is 0 Å². The van der Waals surface area contributed by atoms with Crippen LogP contribution in [0.2, 0.25) is 0 Å². The number of amides is 1. The van der Waals surface area contributed by atoms with Crippen molar-refractivity contribution in [3.63, 3.8) is 0 Å². The van der Waals surface area contributed by atoms with E-state index in [1.165, 1.54) is 43.2 Å². The standard InChI is InChI=1S/C25H41N5O2/c1-2-26-25(28-13-12-27-24(31)18-21-8-4-3-5-9-21)29-19-22-10-6-7-11-23(22)20-30-14-16-32-17-15-30/h6-7,10-11,21H,2-5,8-9,12-20H2,1H3,(H,27,31)(H2,26,28,29). The van der Waals surface area contributed by atoms with Crippen LogP contribution in [0.5, 0.6) is 0 Å². The molecule has 0 bridgehead atoms. The molecule has 1 saturated carbocycles. The summed E-state index contributed by atoms with van der Waals surface area (Å²) in [6.45, 7) is 9.29. The number of hydrogen-bond acceptors (Lipinski definition) is 4. The van der Waals surface area contributed by atoms with Crippen molar-refractivity contribution < 1.29 is 9.53 Å². The maximum Gasteiger partial charge on any atom is 0.220 e. The first-order chi connectivity index (χ1) is 15.7. The number of ether oxygens (including phenoxy) is 1. The Morgan fingerprint density at radius 2 is 1.75 bits per heavy atom. The highest BCUT2D eigenvalue weighted by Gasteiger charge is 2.16. The van der Waals surface area contributed by atoms with Crippen LogP contribution >= 0.6 is 0 Å². The fraction of sp³-hybridized carbons (Fsp3) is 0.680. The molecule has 0 radical (unpaired) electrons. The summed E-state index contributed by atoms with van der Waals surface area (Å²) in [5, 5.41) is 9.71. The predicted octanol–water partition coefficient (Wildman–Crippen LogP) is 2.66. The number of morpholine rings is 1. The first-order valence-corrected chi connectivity index (χ1v) is 12.4. The largest absolute Gasteiger partial charge is 0.379 e. The fourth-order valence-electron chi connectivity index (χ4n) is 4.48. The van der Waals surface area contributed by atoms with Gasteiger partial charge in [0, 0.05) is 45.7 Å². The summed E-state index contributed by atoms with van der Waals surface area (Å²) in [6.07, 6.45) is 6.96. The maximum atomic E-state index is 12.2. The average molecular weight is 444 g/mol. The summed E-state index contributed by atoms with van der Waals surface area (Å²) < 4.78 is 5.47. The SMILES string of the molecule is CCNC(=NCc1ccccc1CN1CCOCC1)NCCNC(=O)CC1CCCCC1. The van der Waals surface area contributed by atoms with Gasteiger partial charge >= 0.3 is 0 Å². The third kappa shape index (κ3) is 8.79. The minimum absolute atomic E-state index is 0.178. The van der Waals surface area contributed by atoms with Crippen molar-refractivity contribution in [1.29, 1.82) is 0 Å². The third-order valence-electron chi connectivity index (χ3n) is 6.31. The quantitative estimate of drug-likeness (QED) is 0.294.